The van der Waals surface area contributed by atoms with Gasteiger partial charge < -0.3 is 10.0 Å². The van der Waals surface area contributed by atoms with Crippen LogP contribution in [-0.2, 0) is 17.9 Å². The zero-order valence-corrected chi connectivity index (χ0v) is 14.3. The minimum Gasteiger partial charge on any atom is -0.392 e. The molecule has 0 aliphatic heterocycles. The third-order valence-electron chi connectivity index (χ3n) is 3.27. The molecule has 0 saturated carbocycles. The largest absolute Gasteiger partial charge is 0.392 e. The van der Waals surface area contributed by atoms with Gasteiger partial charge in [-0.3, -0.25) is 9.78 Å². The molecular weight excluding hydrogens is 308 g/mol. The van der Waals surface area contributed by atoms with Gasteiger partial charge in [-0.2, -0.15) is 0 Å². The van der Waals surface area contributed by atoms with Crippen LogP contribution in [0.5, 0.6) is 0 Å². The van der Waals surface area contributed by atoms with E-state index in [2.05, 4.69) is 18.8 Å². The van der Waals surface area contributed by atoms with Gasteiger partial charge in [0.1, 0.15) is 0 Å². The highest BCUT2D eigenvalue weighted by Gasteiger charge is 2.13. The van der Waals surface area contributed by atoms with Gasteiger partial charge >= 0.3 is 0 Å². The summed E-state index contributed by atoms with van der Waals surface area (Å²) >= 11 is 1.52. The molecule has 2 aromatic heterocycles. The fourth-order valence-electron chi connectivity index (χ4n) is 2.21. The molecule has 0 aliphatic carbocycles. The Labute approximate surface area is 141 Å². The molecule has 122 valence electrons. The highest BCUT2D eigenvalue weighted by molar-refractivity contribution is 7.11. The second-order valence-electron chi connectivity index (χ2n) is 5.82. The lowest BCUT2D eigenvalue weighted by Gasteiger charge is -2.23. The van der Waals surface area contributed by atoms with Crippen LogP contribution in [0.2, 0.25) is 0 Å². The number of amides is 1. The van der Waals surface area contributed by atoms with Crippen LogP contribution in [0.1, 0.15) is 29.9 Å². The topological polar surface area (TPSA) is 53.4 Å². The van der Waals surface area contributed by atoms with Crippen molar-refractivity contribution in [3.05, 3.63) is 58.1 Å². The zero-order chi connectivity index (χ0) is 16.7. The van der Waals surface area contributed by atoms with Crippen molar-refractivity contribution in [3.8, 4) is 0 Å². The first-order valence-electron chi connectivity index (χ1n) is 7.62. The van der Waals surface area contributed by atoms with Crippen LogP contribution >= 0.6 is 11.3 Å². The molecule has 23 heavy (non-hydrogen) atoms. The highest BCUT2D eigenvalue weighted by atomic mass is 32.1. The van der Waals surface area contributed by atoms with E-state index in [1.807, 2.05) is 34.6 Å². The van der Waals surface area contributed by atoms with Gasteiger partial charge in [0, 0.05) is 36.4 Å². The number of pyridine rings is 1. The van der Waals surface area contributed by atoms with Crippen LogP contribution in [0.15, 0.2) is 42.0 Å². The van der Waals surface area contributed by atoms with Crippen LogP contribution in [0.4, 0.5) is 0 Å². The van der Waals surface area contributed by atoms with E-state index in [1.165, 1.54) is 11.3 Å². The van der Waals surface area contributed by atoms with Crippen molar-refractivity contribution >= 4 is 23.3 Å². The van der Waals surface area contributed by atoms with E-state index in [1.54, 1.807) is 18.5 Å². The van der Waals surface area contributed by atoms with Crippen LogP contribution in [0, 0.1) is 5.92 Å². The normalized spacial score (nSPS) is 11.3. The Morgan fingerprint density at radius 2 is 2.09 bits per heavy atom. The summed E-state index contributed by atoms with van der Waals surface area (Å²) in [5.74, 6) is 0.395. The molecule has 0 bridgehead atoms. The lowest BCUT2D eigenvalue weighted by Crippen LogP contribution is -2.32. The lowest BCUT2D eigenvalue weighted by molar-refractivity contribution is -0.127. The Hall–Kier alpha value is -1.98. The Morgan fingerprint density at radius 1 is 1.35 bits per heavy atom. The summed E-state index contributed by atoms with van der Waals surface area (Å²) < 4.78 is 0. The number of aromatic nitrogens is 1. The maximum absolute atomic E-state index is 12.5. The molecule has 0 spiro atoms. The summed E-state index contributed by atoms with van der Waals surface area (Å²) in [6, 6.07) is 5.75. The van der Waals surface area contributed by atoms with Crippen molar-refractivity contribution < 1.29 is 9.90 Å². The predicted molar refractivity (Wildman–Crippen MR) is 93.8 cm³/mol. The van der Waals surface area contributed by atoms with Gasteiger partial charge in [-0.15, -0.1) is 11.3 Å². The number of hydrogen-bond acceptors (Lipinski definition) is 4. The van der Waals surface area contributed by atoms with Crippen molar-refractivity contribution in [2.24, 2.45) is 5.92 Å². The number of carbonyl (C=O) groups excluding carboxylic acids is 1. The summed E-state index contributed by atoms with van der Waals surface area (Å²) in [6.45, 7) is 5.51. The monoisotopic (exact) mass is 330 g/mol. The summed E-state index contributed by atoms with van der Waals surface area (Å²) in [6.07, 6.45) is 6.90. The van der Waals surface area contributed by atoms with E-state index in [4.69, 9.17) is 5.11 Å². The van der Waals surface area contributed by atoms with E-state index >= 15 is 0 Å². The van der Waals surface area contributed by atoms with Crippen LogP contribution in [0.3, 0.4) is 0 Å². The zero-order valence-electron chi connectivity index (χ0n) is 13.5. The molecule has 1 N–H and O–H groups in total. The molecule has 4 nitrogen and oxygen atoms in total. The molecule has 1 amide bonds. The first-order valence-corrected chi connectivity index (χ1v) is 8.50. The van der Waals surface area contributed by atoms with Gasteiger partial charge in [0.15, 0.2) is 0 Å². The first kappa shape index (κ1) is 17.4. The molecule has 0 aromatic carbocycles. The Morgan fingerprint density at radius 3 is 2.70 bits per heavy atom. The summed E-state index contributed by atoms with van der Waals surface area (Å²) in [4.78, 5) is 19.3. The highest BCUT2D eigenvalue weighted by Crippen LogP contribution is 2.16. The lowest BCUT2D eigenvalue weighted by atomic mass is 10.1. The summed E-state index contributed by atoms with van der Waals surface area (Å²) in [5.41, 5.74) is 1.94. The maximum Gasteiger partial charge on any atom is 0.246 e. The van der Waals surface area contributed by atoms with E-state index in [-0.39, 0.29) is 12.5 Å². The Balaban J connectivity index is 2.06. The maximum atomic E-state index is 12.5. The smallest absolute Gasteiger partial charge is 0.246 e. The van der Waals surface area contributed by atoms with Gasteiger partial charge in [0.25, 0.3) is 0 Å². The molecule has 0 atom stereocenters. The molecule has 0 saturated heterocycles. The fourth-order valence-corrected chi connectivity index (χ4v) is 3.00. The van der Waals surface area contributed by atoms with Crippen molar-refractivity contribution in [2.75, 3.05) is 6.54 Å². The van der Waals surface area contributed by atoms with Crippen molar-refractivity contribution in [2.45, 2.75) is 27.0 Å². The molecule has 2 heterocycles. The SMILES string of the molecule is CC(C)CN(Cc1ccncc1)C(=O)C=Cc1cc(CO)cs1. The third-order valence-corrected chi connectivity index (χ3v) is 4.21. The number of thiophene rings is 1. The predicted octanol–water partition coefficient (Wildman–Crippen LogP) is 3.33. The van der Waals surface area contributed by atoms with Crippen LogP contribution < -0.4 is 0 Å². The Kier molecular flexibility index (Phi) is 6.50. The number of carbonyl (C=O) groups is 1. The van der Waals surface area contributed by atoms with Crippen LogP contribution in [-0.4, -0.2) is 27.4 Å². The molecule has 5 heteroatoms. The summed E-state index contributed by atoms with van der Waals surface area (Å²) in [5, 5.41) is 11.0. The van der Waals surface area contributed by atoms with Gasteiger partial charge in [0.2, 0.25) is 5.91 Å². The number of aliphatic hydroxyl groups is 1. The molecule has 0 fully saturated rings. The number of aliphatic hydroxyl groups excluding tert-OH is 1. The van der Waals surface area contributed by atoms with E-state index in [0.717, 1.165) is 16.0 Å². The number of rotatable bonds is 7. The van der Waals surface area contributed by atoms with Crippen LogP contribution in [0.25, 0.3) is 6.08 Å². The van der Waals surface area contributed by atoms with E-state index in [9.17, 15) is 4.79 Å². The number of nitrogens with zero attached hydrogens (tertiary/aromatic N) is 2. The quantitative estimate of drug-likeness (QED) is 0.792. The molecule has 2 rings (SSSR count). The Bertz CT molecular complexity index is 650. The molecule has 2 aromatic rings. The molecule has 0 unspecified atom stereocenters. The molecular formula is C18H22N2O2S. The minimum atomic E-state index is -0.00513. The van der Waals surface area contributed by atoms with Gasteiger partial charge in [0.05, 0.1) is 6.61 Å². The minimum absolute atomic E-state index is 0.00513. The standard InChI is InChI=1S/C18H22N2O2S/c1-14(2)10-20(11-15-5-7-19-8-6-15)18(22)4-3-17-9-16(12-21)13-23-17/h3-9,13-14,21H,10-12H2,1-2H3. The summed E-state index contributed by atoms with van der Waals surface area (Å²) in [7, 11) is 0. The molecule has 0 radical (unpaired) electrons. The third kappa shape index (κ3) is 5.62. The second-order valence-corrected chi connectivity index (χ2v) is 6.76. The molecule has 0 aliphatic rings. The van der Waals surface area contributed by atoms with E-state index < -0.39 is 0 Å². The van der Waals surface area contributed by atoms with Crippen molar-refractivity contribution in [1.29, 1.82) is 0 Å². The van der Waals surface area contributed by atoms with Gasteiger partial charge in [-0.1, -0.05) is 13.8 Å². The fraction of sp³-hybridized carbons (Fsp3) is 0.333. The average Bonchev–Trinajstić information content (AvgIpc) is 3.00. The average molecular weight is 330 g/mol. The van der Waals surface area contributed by atoms with Crippen molar-refractivity contribution in [3.63, 3.8) is 0 Å². The van der Waals surface area contributed by atoms with Crippen molar-refractivity contribution in [1.82, 2.24) is 9.88 Å². The first-order chi connectivity index (χ1) is 11.1. The number of hydrogen-bond donors (Lipinski definition) is 1. The van der Waals surface area contributed by atoms with Gasteiger partial charge in [-0.25, -0.2) is 0 Å². The second kappa shape index (κ2) is 8.60. The van der Waals surface area contributed by atoms with E-state index in [0.29, 0.717) is 19.0 Å². The van der Waals surface area contributed by atoms with Gasteiger partial charge in [-0.05, 0) is 46.7 Å².